The van der Waals surface area contributed by atoms with Crippen molar-refractivity contribution in [2.24, 2.45) is 4.99 Å². The minimum absolute atomic E-state index is 0.190. The molecule has 0 saturated heterocycles. The molecule has 0 bridgehead atoms. The number of nitrogens with one attached hydrogen (secondary N) is 2. The van der Waals surface area contributed by atoms with Gasteiger partial charge in [-0.15, -0.1) is 0 Å². The molecule has 1 aromatic rings. The van der Waals surface area contributed by atoms with E-state index in [2.05, 4.69) is 34.4 Å². The molecule has 22 heavy (non-hydrogen) atoms. The number of hydrogen-bond acceptors (Lipinski definition) is 2. The number of benzene rings is 1. The van der Waals surface area contributed by atoms with Crippen LogP contribution in [0.1, 0.15) is 32.3 Å². The normalized spacial score (nSPS) is 11.8. The Bertz CT molecular complexity index is 444. The fraction of sp³-hybridized carbons (Fsp3) is 0.588. The van der Waals surface area contributed by atoms with Gasteiger partial charge in [-0.3, -0.25) is 4.99 Å². The van der Waals surface area contributed by atoms with Crippen LogP contribution in [0.15, 0.2) is 29.3 Å². The molecule has 5 heteroatoms. The molecule has 0 aromatic heterocycles. The van der Waals surface area contributed by atoms with Crippen molar-refractivity contribution in [1.82, 2.24) is 15.5 Å². The molecule has 2 N–H and O–H groups in total. The van der Waals surface area contributed by atoms with Gasteiger partial charge in [0.15, 0.2) is 5.96 Å². The molecule has 0 aliphatic carbocycles. The summed E-state index contributed by atoms with van der Waals surface area (Å²) < 4.78 is 13.5. The van der Waals surface area contributed by atoms with E-state index in [9.17, 15) is 4.39 Å². The van der Waals surface area contributed by atoms with E-state index in [1.54, 1.807) is 19.2 Å². The Kier molecular flexibility index (Phi) is 9.23. The van der Waals surface area contributed by atoms with Crippen molar-refractivity contribution in [3.63, 3.8) is 0 Å². The maximum absolute atomic E-state index is 13.5. The van der Waals surface area contributed by atoms with Crippen molar-refractivity contribution in [1.29, 1.82) is 0 Å². The summed E-state index contributed by atoms with van der Waals surface area (Å²) in [6.45, 7) is 9.04. The molecule has 0 unspecified atom stereocenters. The average Bonchev–Trinajstić information content (AvgIpc) is 2.55. The van der Waals surface area contributed by atoms with Gasteiger partial charge in [-0.1, -0.05) is 32.0 Å². The minimum Gasteiger partial charge on any atom is -0.356 e. The summed E-state index contributed by atoms with van der Waals surface area (Å²) >= 11 is 0. The first-order valence-corrected chi connectivity index (χ1v) is 8.11. The molecular weight excluding hydrogens is 279 g/mol. The van der Waals surface area contributed by atoms with E-state index in [1.165, 1.54) is 12.5 Å². The van der Waals surface area contributed by atoms with Gasteiger partial charge in [-0.05, 0) is 38.5 Å². The largest absolute Gasteiger partial charge is 0.356 e. The number of hydrogen-bond donors (Lipinski definition) is 2. The Morgan fingerprint density at radius 2 is 1.86 bits per heavy atom. The highest BCUT2D eigenvalue weighted by atomic mass is 19.1. The minimum atomic E-state index is -0.190. The van der Waals surface area contributed by atoms with E-state index < -0.39 is 0 Å². The molecule has 0 fully saturated rings. The van der Waals surface area contributed by atoms with Crippen LogP contribution < -0.4 is 10.6 Å². The zero-order chi connectivity index (χ0) is 16.2. The Balaban J connectivity index is 2.22. The molecule has 1 rings (SSSR count). The van der Waals surface area contributed by atoms with Gasteiger partial charge in [0.25, 0.3) is 0 Å². The molecule has 0 aliphatic rings. The SMILES string of the molecule is CCN(CC)CCCCNC(=NC)NCc1ccccc1F. The number of halogens is 1. The van der Waals surface area contributed by atoms with E-state index in [-0.39, 0.29) is 5.82 Å². The van der Waals surface area contributed by atoms with Gasteiger partial charge in [0.1, 0.15) is 5.82 Å². The van der Waals surface area contributed by atoms with Crippen LogP contribution in [-0.4, -0.2) is 44.1 Å². The highest BCUT2D eigenvalue weighted by molar-refractivity contribution is 5.79. The van der Waals surface area contributed by atoms with E-state index in [0.717, 1.165) is 32.6 Å². The van der Waals surface area contributed by atoms with E-state index in [4.69, 9.17) is 0 Å². The maximum atomic E-state index is 13.5. The van der Waals surface area contributed by atoms with Crippen LogP contribution in [0.2, 0.25) is 0 Å². The van der Waals surface area contributed by atoms with Crippen LogP contribution in [0.5, 0.6) is 0 Å². The first-order valence-electron chi connectivity index (χ1n) is 8.11. The van der Waals surface area contributed by atoms with Crippen LogP contribution in [0.4, 0.5) is 4.39 Å². The first kappa shape index (κ1) is 18.4. The van der Waals surface area contributed by atoms with Crippen molar-refractivity contribution in [3.05, 3.63) is 35.6 Å². The lowest BCUT2D eigenvalue weighted by Gasteiger charge is -2.18. The Morgan fingerprint density at radius 1 is 1.14 bits per heavy atom. The Labute approximate surface area is 133 Å². The van der Waals surface area contributed by atoms with Crippen molar-refractivity contribution in [2.45, 2.75) is 33.2 Å². The third-order valence-electron chi connectivity index (χ3n) is 3.72. The molecule has 124 valence electrons. The van der Waals surface area contributed by atoms with Gasteiger partial charge in [-0.2, -0.15) is 0 Å². The second kappa shape index (κ2) is 11.0. The highest BCUT2D eigenvalue weighted by Gasteiger charge is 2.03. The highest BCUT2D eigenvalue weighted by Crippen LogP contribution is 2.05. The zero-order valence-corrected chi connectivity index (χ0v) is 14.0. The van der Waals surface area contributed by atoms with Crippen molar-refractivity contribution in [2.75, 3.05) is 33.2 Å². The van der Waals surface area contributed by atoms with Gasteiger partial charge in [0, 0.05) is 25.7 Å². The Morgan fingerprint density at radius 3 is 2.50 bits per heavy atom. The topological polar surface area (TPSA) is 39.7 Å². The molecule has 0 amide bonds. The van der Waals surface area contributed by atoms with E-state index in [1.807, 2.05) is 6.07 Å². The number of nitrogens with zero attached hydrogens (tertiary/aromatic N) is 2. The maximum Gasteiger partial charge on any atom is 0.191 e. The molecule has 4 nitrogen and oxygen atoms in total. The van der Waals surface area contributed by atoms with Gasteiger partial charge >= 0.3 is 0 Å². The second-order valence-corrected chi connectivity index (χ2v) is 5.18. The van der Waals surface area contributed by atoms with Gasteiger partial charge < -0.3 is 15.5 Å². The molecule has 0 atom stereocenters. The average molecular weight is 308 g/mol. The number of rotatable bonds is 9. The lowest BCUT2D eigenvalue weighted by Crippen LogP contribution is -2.37. The summed E-state index contributed by atoms with van der Waals surface area (Å²) in [6, 6.07) is 6.78. The quantitative estimate of drug-likeness (QED) is 0.418. The fourth-order valence-electron chi connectivity index (χ4n) is 2.25. The van der Waals surface area contributed by atoms with Crippen LogP contribution in [-0.2, 0) is 6.54 Å². The smallest absolute Gasteiger partial charge is 0.191 e. The third-order valence-corrected chi connectivity index (χ3v) is 3.72. The van der Waals surface area contributed by atoms with Crippen LogP contribution in [0.3, 0.4) is 0 Å². The summed E-state index contributed by atoms with van der Waals surface area (Å²) in [5, 5.41) is 6.40. The fourth-order valence-corrected chi connectivity index (χ4v) is 2.25. The summed E-state index contributed by atoms with van der Waals surface area (Å²) in [4.78, 5) is 6.58. The number of unbranched alkanes of at least 4 members (excludes halogenated alkanes) is 1. The van der Waals surface area contributed by atoms with E-state index in [0.29, 0.717) is 18.1 Å². The summed E-state index contributed by atoms with van der Waals surface area (Å²) in [5.41, 5.74) is 0.645. The van der Waals surface area contributed by atoms with E-state index >= 15 is 0 Å². The van der Waals surface area contributed by atoms with Crippen LogP contribution in [0, 0.1) is 5.82 Å². The summed E-state index contributed by atoms with van der Waals surface area (Å²) in [5.74, 6) is 0.524. The molecule has 0 saturated carbocycles. The lowest BCUT2D eigenvalue weighted by atomic mass is 10.2. The molecule has 0 aliphatic heterocycles. The molecule has 0 radical (unpaired) electrons. The second-order valence-electron chi connectivity index (χ2n) is 5.18. The predicted molar refractivity (Wildman–Crippen MR) is 91.6 cm³/mol. The van der Waals surface area contributed by atoms with Crippen molar-refractivity contribution >= 4 is 5.96 Å². The van der Waals surface area contributed by atoms with Crippen LogP contribution in [0.25, 0.3) is 0 Å². The third kappa shape index (κ3) is 6.89. The van der Waals surface area contributed by atoms with Gasteiger partial charge in [-0.25, -0.2) is 4.39 Å². The van der Waals surface area contributed by atoms with Gasteiger partial charge in [0.05, 0.1) is 0 Å². The first-order chi connectivity index (χ1) is 10.7. The van der Waals surface area contributed by atoms with Crippen molar-refractivity contribution < 1.29 is 4.39 Å². The Hall–Kier alpha value is -1.62. The standard InChI is InChI=1S/C17H29FN4/c1-4-22(5-2)13-9-8-12-20-17(19-3)21-14-15-10-6-7-11-16(15)18/h6-7,10-11H,4-5,8-9,12-14H2,1-3H3,(H2,19,20,21). The monoisotopic (exact) mass is 308 g/mol. The summed E-state index contributed by atoms with van der Waals surface area (Å²) in [7, 11) is 1.73. The number of guanidine groups is 1. The zero-order valence-electron chi connectivity index (χ0n) is 14.0. The lowest BCUT2D eigenvalue weighted by molar-refractivity contribution is 0.297. The molecule has 0 spiro atoms. The number of aliphatic imine (C=N–C) groups is 1. The molecule has 1 aromatic carbocycles. The molecule has 0 heterocycles. The van der Waals surface area contributed by atoms with Crippen molar-refractivity contribution in [3.8, 4) is 0 Å². The van der Waals surface area contributed by atoms with Gasteiger partial charge in [0.2, 0.25) is 0 Å². The predicted octanol–water partition coefficient (Wildman–Crippen LogP) is 2.61. The summed E-state index contributed by atoms with van der Waals surface area (Å²) in [6.07, 6.45) is 2.26. The molecular formula is C17H29FN4. The van der Waals surface area contributed by atoms with Crippen LogP contribution >= 0.6 is 0 Å².